The summed E-state index contributed by atoms with van der Waals surface area (Å²) in [7, 11) is 1.68. The molecular weight excluding hydrogens is 208 g/mol. The fraction of sp³-hybridized carbons (Fsp3) is 0.364. The third-order valence-corrected chi connectivity index (χ3v) is 2.75. The summed E-state index contributed by atoms with van der Waals surface area (Å²) in [6.45, 7) is 0.908. The van der Waals surface area contributed by atoms with E-state index in [0.29, 0.717) is 6.04 Å². The van der Waals surface area contributed by atoms with Gasteiger partial charge >= 0.3 is 0 Å². The molecule has 0 spiro atoms. The van der Waals surface area contributed by atoms with Gasteiger partial charge in [0, 0.05) is 12.6 Å². The summed E-state index contributed by atoms with van der Waals surface area (Å²) < 4.78 is 5.11. The van der Waals surface area contributed by atoms with Gasteiger partial charge in [0.2, 0.25) is 0 Å². The number of hydrogen-bond donors (Lipinski definition) is 2. The Hall–Kier alpha value is -1.29. The zero-order valence-corrected chi connectivity index (χ0v) is 9.43. The van der Waals surface area contributed by atoms with Gasteiger partial charge in [-0.25, -0.2) is 0 Å². The lowest BCUT2D eigenvalue weighted by Crippen LogP contribution is -2.28. The van der Waals surface area contributed by atoms with Crippen LogP contribution in [0.2, 0.25) is 0 Å². The van der Waals surface area contributed by atoms with Crippen LogP contribution in [0.1, 0.15) is 5.56 Å². The number of ether oxygens (including phenoxy) is 1. The van der Waals surface area contributed by atoms with Gasteiger partial charge < -0.3 is 15.4 Å². The lowest BCUT2D eigenvalue weighted by atomic mass is 10.1. The maximum atomic E-state index is 5.11. The molecule has 1 aromatic rings. The van der Waals surface area contributed by atoms with Crippen LogP contribution in [-0.4, -0.2) is 24.8 Å². The maximum Gasteiger partial charge on any atom is 0.166 e. The Kier molecular flexibility index (Phi) is 3.06. The SMILES string of the molecule is COc1ccc(C[C@@H]2CNC(=S)N2)cc1. The van der Waals surface area contributed by atoms with Crippen molar-refractivity contribution in [2.24, 2.45) is 0 Å². The van der Waals surface area contributed by atoms with Crippen LogP contribution in [0.5, 0.6) is 5.75 Å². The number of nitrogens with one attached hydrogen (secondary N) is 2. The van der Waals surface area contributed by atoms with E-state index in [-0.39, 0.29) is 0 Å². The first kappa shape index (κ1) is 10.2. The number of rotatable bonds is 3. The second-order valence-corrected chi connectivity index (χ2v) is 4.01. The molecule has 1 atom stereocenters. The molecule has 0 amide bonds. The zero-order chi connectivity index (χ0) is 10.7. The summed E-state index contributed by atoms with van der Waals surface area (Å²) in [6.07, 6.45) is 0.983. The van der Waals surface area contributed by atoms with Gasteiger partial charge in [0.25, 0.3) is 0 Å². The molecule has 1 saturated heterocycles. The lowest BCUT2D eigenvalue weighted by molar-refractivity contribution is 0.414. The monoisotopic (exact) mass is 222 g/mol. The van der Waals surface area contributed by atoms with E-state index in [1.165, 1.54) is 5.56 Å². The van der Waals surface area contributed by atoms with Crippen LogP contribution in [0.25, 0.3) is 0 Å². The molecule has 2 rings (SSSR count). The van der Waals surface area contributed by atoms with Crippen LogP contribution in [0.15, 0.2) is 24.3 Å². The largest absolute Gasteiger partial charge is 0.497 e. The molecule has 1 aliphatic rings. The molecule has 0 saturated carbocycles. The van der Waals surface area contributed by atoms with Crippen molar-refractivity contribution in [1.82, 2.24) is 10.6 Å². The summed E-state index contributed by atoms with van der Waals surface area (Å²) in [6, 6.07) is 8.54. The molecule has 0 radical (unpaired) electrons. The Bertz CT molecular complexity index is 350. The van der Waals surface area contributed by atoms with Crippen molar-refractivity contribution in [1.29, 1.82) is 0 Å². The van der Waals surface area contributed by atoms with Gasteiger partial charge in [0.1, 0.15) is 5.75 Å². The highest BCUT2D eigenvalue weighted by atomic mass is 32.1. The average Bonchev–Trinajstić information content (AvgIpc) is 2.65. The highest BCUT2D eigenvalue weighted by Gasteiger charge is 2.17. The number of hydrogen-bond acceptors (Lipinski definition) is 2. The molecule has 15 heavy (non-hydrogen) atoms. The average molecular weight is 222 g/mol. The summed E-state index contributed by atoms with van der Waals surface area (Å²) in [5.74, 6) is 0.895. The zero-order valence-electron chi connectivity index (χ0n) is 8.62. The minimum absolute atomic E-state index is 0.408. The van der Waals surface area contributed by atoms with Crippen LogP contribution in [0.3, 0.4) is 0 Å². The van der Waals surface area contributed by atoms with Gasteiger partial charge in [-0.1, -0.05) is 12.1 Å². The van der Waals surface area contributed by atoms with Gasteiger partial charge in [0.15, 0.2) is 5.11 Å². The molecule has 0 aromatic heterocycles. The topological polar surface area (TPSA) is 33.3 Å². The Morgan fingerprint density at radius 2 is 2.13 bits per heavy atom. The first-order valence-electron chi connectivity index (χ1n) is 4.95. The van der Waals surface area contributed by atoms with Gasteiger partial charge in [-0.05, 0) is 36.3 Å². The van der Waals surface area contributed by atoms with Crippen molar-refractivity contribution < 1.29 is 4.74 Å². The fourth-order valence-electron chi connectivity index (χ4n) is 1.67. The second-order valence-electron chi connectivity index (χ2n) is 3.60. The van der Waals surface area contributed by atoms with Crippen LogP contribution >= 0.6 is 12.2 Å². The molecular formula is C11H14N2OS. The van der Waals surface area contributed by atoms with Crippen molar-refractivity contribution in [2.45, 2.75) is 12.5 Å². The second kappa shape index (κ2) is 4.49. The Labute approximate surface area is 94.8 Å². The van der Waals surface area contributed by atoms with E-state index in [2.05, 4.69) is 22.8 Å². The smallest absolute Gasteiger partial charge is 0.166 e. The first-order chi connectivity index (χ1) is 7.28. The molecule has 1 aromatic carbocycles. The summed E-state index contributed by atoms with van der Waals surface area (Å²) >= 11 is 5.01. The molecule has 80 valence electrons. The highest BCUT2D eigenvalue weighted by Crippen LogP contribution is 2.13. The summed E-state index contributed by atoms with van der Waals surface area (Å²) in [4.78, 5) is 0. The summed E-state index contributed by atoms with van der Waals surface area (Å²) in [5.41, 5.74) is 1.29. The predicted molar refractivity (Wildman–Crippen MR) is 64.2 cm³/mol. The quantitative estimate of drug-likeness (QED) is 0.750. The third kappa shape index (κ3) is 2.59. The van der Waals surface area contributed by atoms with E-state index in [1.807, 2.05) is 12.1 Å². The third-order valence-electron chi connectivity index (χ3n) is 2.49. The van der Waals surface area contributed by atoms with Crippen LogP contribution in [0, 0.1) is 0 Å². The van der Waals surface area contributed by atoms with Gasteiger partial charge in [-0.15, -0.1) is 0 Å². The normalized spacial score (nSPS) is 19.5. The first-order valence-corrected chi connectivity index (χ1v) is 5.36. The molecule has 1 heterocycles. The van der Waals surface area contributed by atoms with Gasteiger partial charge in [-0.2, -0.15) is 0 Å². The number of benzene rings is 1. The van der Waals surface area contributed by atoms with Gasteiger partial charge in [0.05, 0.1) is 7.11 Å². The van der Waals surface area contributed by atoms with Crippen molar-refractivity contribution in [2.75, 3.05) is 13.7 Å². The van der Waals surface area contributed by atoms with E-state index in [0.717, 1.165) is 23.8 Å². The maximum absolute atomic E-state index is 5.11. The predicted octanol–water partition coefficient (Wildman–Crippen LogP) is 1.08. The molecule has 3 nitrogen and oxygen atoms in total. The van der Waals surface area contributed by atoms with Gasteiger partial charge in [-0.3, -0.25) is 0 Å². The standard InChI is InChI=1S/C11H14N2OS/c1-14-10-4-2-8(3-5-10)6-9-7-12-11(15)13-9/h2-5,9H,6-7H2,1H3,(H2,12,13,15)/t9-/m1/s1. The highest BCUT2D eigenvalue weighted by molar-refractivity contribution is 7.80. The van der Waals surface area contributed by atoms with E-state index < -0.39 is 0 Å². The summed E-state index contributed by atoms with van der Waals surface area (Å²) in [5, 5.41) is 7.09. The molecule has 0 bridgehead atoms. The van der Waals surface area contributed by atoms with E-state index >= 15 is 0 Å². The van der Waals surface area contributed by atoms with Crippen molar-refractivity contribution in [3.8, 4) is 5.75 Å². The fourth-order valence-corrected chi connectivity index (χ4v) is 1.92. The molecule has 2 N–H and O–H groups in total. The van der Waals surface area contributed by atoms with Crippen LogP contribution < -0.4 is 15.4 Å². The Balaban J connectivity index is 1.96. The van der Waals surface area contributed by atoms with Crippen LogP contribution in [0.4, 0.5) is 0 Å². The Morgan fingerprint density at radius 3 is 2.67 bits per heavy atom. The lowest BCUT2D eigenvalue weighted by Gasteiger charge is -2.09. The molecule has 4 heteroatoms. The molecule has 1 fully saturated rings. The molecule has 0 aliphatic carbocycles. The van der Waals surface area contributed by atoms with E-state index in [4.69, 9.17) is 17.0 Å². The van der Waals surface area contributed by atoms with E-state index in [1.54, 1.807) is 7.11 Å². The van der Waals surface area contributed by atoms with Crippen molar-refractivity contribution in [3.05, 3.63) is 29.8 Å². The Morgan fingerprint density at radius 1 is 1.40 bits per heavy atom. The van der Waals surface area contributed by atoms with Crippen LogP contribution in [-0.2, 0) is 6.42 Å². The minimum Gasteiger partial charge on any atom is -0.497 e. The molecule has 1 aliphatic heterocycles. The van der Waals surface area contributed by atoms with Crippen molar-refractivity contribution in [3.63, 3.8) is 0 Å². The minimum atomic E-state index is 0.408. The number of methoxy groups -OCH3 is 1. The number of thiocarbonyl (C=S) groups is 1. The molecule has 0 unspecified atom stereocenters. The van der Waals surface area contributed by atoms with Crippen molar-refractivity contribution >= 4 is 17.3 Å². The van der Waals surface area contributed by atoms with E-state index in [9.17, 15) is 0 Å².